The fourth-order valence-electron chi connectivity index (χ4n) is 4.47. The summed E-state index contributed by atoms with van der Waals surface area (Å²) in [6.45, 7) is 6.14. The first-order chi connectivity index (χ1) is 18.2. The van der Waals surface area contributed by atoms with Crippen LogP contribution in [-0.4, -0.2) is 47.3 Å². The minimum Gasteiger partial charge on any atom is -0.349 e. The van der Waals surface area contributed by atoms with Crippen molar-refractivity contribution in [2.45, 2.75) is 57.8 Å². The Labute approximate surface area is 219 Å². The van der Waals surface area contributed by atoms with Gasteiger partial charge in [0.2, 0.25) is 11.8 Å². The van der Waals surface area contributed by atoms with Crippen molar-refractivity contribution in [1.82, 2.24) is 40.2 Å². The molecule has 12 heteroatoms. The Hall–Kier alpha value is -4.22. The number of hydrogen-bond acceptors (Lipinski definition) is 9. The number of nitrogens with one attached hydrogen (secondary N) is 2. The Morgan fingerprint density at radius 2 is 2.05 bits per heavy atom. The highest BCUT2D eigenvalue weighted by Gasteiger charge is 2.26. The summed E-state index contributed by atoms with van der Waals surface area (Å²) in [5.74, 6) is 0.597. The van der Waals surface area contributed by atoms with E-state index < -0.39 is 11.7 Å². The molecule has 1 atom stereocenters. The van der Waals surface area contributed by atoms with Crippen molar-refractivity contribution in [2.24, 2.45) is 7.05 Å². The third-order valence-electron chi connectivity index (χ3n) is 6.46. The molecule has 1 amide bonds. The largest absolute Gasteiger partial charge is 0.349 e. The van der Waals surface area contributed by atoms with Gasteiger partial charge in [-0.15, -0.1) is 0 Å². The summed E-state index contributed by atoms with van der Waals surface area (Å²) >= 11 is 0. The van der Waals surface area contributed by atoms with Crippen LogP contribution in [0.4, 0.5) is 16.2 Å². The molecule has 0 spiro atoms. The van der Waals surface area contributed by atoms with Gasteiger partial charge in [0.15, 0.2) is 11.6 Å². The van der Waals surface area contributed by atoms with Crippen LogP contribution in [0.2, 0.25) is 0 Å². The maximum absolute atomic E-state index is 15.5. The second-order valence-corrected chi connectivity index (χ2v) is 10.5. The lowest BCUT2D eigenvalue weighted by molar-refractivity contribution is 0.0937. The van der Waals surface area contributed by atoms with Gasteiger partial charge in [0.05, 0.1) is 5.56 Å². The molecule has 0 fully saturated rings. The number of hydrogen-bond donors (Lipinski definition) is 2. The smallest absolute Gasteiger partial charge is 0.292 e. The van der Waals surface area contributed by atoms with E-state index in [0.29, 0.717) is 23.8 Å². The van der Waals surface area contributed by atoms with E-state index in [1.54, 1.807) is 23.0 Å². The molecule has 0 radical (unpaired) electrons. The van der Waals surface area contributed by atoms with Gasteiger partial charge in [0.25, 0.3) is 11.7 Å². The zero-order chi connectivity index (χ0) is 26.9. The average molecular weight is 520 g/mol. The van der Waals surface area contributed by atoms with Crippen molar-refractivity contribution in [3.63, 3.8) is 0 Å². The molecule has 1 aliphatic rings. The van der Waals surface area contributed by atoms with Gasteiger partial charge in [0, 0.05) is 37.2 Å². The summed E-state index contributed by atoms with van der Waals surface area (Å²) in [4.78, 5) is 29.7. The number of fused-ring (bicyclic) bond motifs is 1. The van der Waals surface area contributed by atoms with Crippen molar-refractivity contribution < 1.29 is 13.7 Å². The maximum atomic E-state index is 15.5. The number of halogens is 1. The van der Waals surface area contributed by atoms with Gasteiger partial charge >= 0.3 is 0 Å². The van der Waals surface area contributed by atoms with E-state index in [9.17, 15) is 4.79 Å². The minimum atomic E-state index is -0.426. The average Bonchev–Trinajstić information content (AvgIpc) is 3.49. The van der Waals surface area contributed by atoms with Crippen molar-refractivity contribution in [3.8, 4) is 11.4 Å². The molecule has 3 aromatic heterocycles. The van der Waals surface area contributed by atoms with Crippen LogP contribution in [-0.2, 0) is 18.9 Å². The van der Waals surface area contributed by atoms with Crippen LogP contribution in [0.5, 0.6) is 0 Å². The lowest BCUT2D eigenvalue weighted by atomic mass is 9.90. The number of anilines is 2. The fourth-order valence-corrected chi connectivity index (χ4v) is 4.47. The highest BCUT2D eigenvalue weighted by Crippen LogP contribution is 2.34. The van der Waals surface area contributed by atoms with Crippen molar-refractivity contribution in [1.29, 1.82) is 0 Å². The topological polar surface area (TPSA) is 137 Å². The van der Waals surface area contributed by atoms with Gasteiger partial charge in [0.1, 0.15) is 12.1 Å². The number of carbonyl (C=O) groups excluding carboxylic acids is 1. The minimum absolute atomic E-state index is 0.00440. The lowest BCUT2D eigenvalue weighted by Gasteiger charge is -2.19. The summed E-state index contributed by atoms with van der Waals surface area (Å²) in [5.41, 5.74) is 1.86. The number of amides is 1. The number of nitrogens with zero attached hydrogens (tertiary/aromatic N) is 7. The summed E-state index contributed by atoms with van der Waals surface area (Å²) in [6.07, 6.45) is 6.70. The van der Waals surface area contributed by atoms with Gasteiger partial charge in [-0.3, -0.25) is 9.48 Å². The second kappa shape index (κ2) is 10.3. The molecule has 3 heterocycles. The normalized spacial score (nSPS) is 15.6. The number of rotatable bonds is 6. The van der Waals surface area contributed by atoms with Gasteiger partial charge < -0.3 is 15.2 Å². The molecule has 0 unspecified atom stereocenters. The predicted octanol–water partition coefficient (Wildman–Crippen LogP) is 4.08. The third kappa shape index (κ3) is 5.53. The second-order valence-electron chi connectivity index (χ2n) is 10.5. The molecule has 5 rings (SSSR count). The predicted molar refractivity (Wildman–Crippen MR) is 137 cm³/mol. The van der Waals surface area contributed by atoms with Crippen LogP contribution in [0.15, 0.2) is 35.2 Å². The molecule has 0 saturated heterocycles. The summed E-state index contributed by atoms with van der Waals surface area (Å²) in [5, 5.41) is 14.0. The highest BCUT2D eigenvalue weighted by molar-refractivity contribution is 5.90. The number of aryl methyl sites for hydroxylation is 2. The number of carbonyl (C=O) groups is 1. The van der Waals surface area contributed by atoms with E-state index in [0.717, 1.165) is 36.8 Å². The quantitative estimate of drug-likeness (QED) is 0.361. The molecule has 4 aromatic rings. The highest BCUT2D eigenvalue weighted by atomic mass is 19.1. The Morgan fingerprint density at radius 3 is 2.79 bits per heavy atom. The lowest BCUT2D eigenvalue weighted by Crippen LogP contribution is -2.29. The number of aromatic nitrogens is 7. The van der Waals surface area contributed by atoms with E-state index >= 15 is 4.39 Å². The first-order valence-electron chi connectivity index (χ1n) is 12.6. The molecule has 0 bridgehead atoms. The van der Waals surface area contributed by atoms with Crippen molar-refractivity contribution in [2.75, 3.05) is 11.9 Å². The molecule has 0 saturated carbocycles. The van der Waals surface area contributed by atoms with Crippen LogP contribution >= 0.6 is 0 Å². The number of benzene rings is 1. The van der Waals surface area contributed by atoms with Crippen LogP contribution in [0, 0.1) is 5.82 Å². The van der Waals surface area contributed by atoms with Crippen molar-refractivity contribution >= 4 is 17.7 Å². The molecule has 1 aromatic carbocycles. The monoisotopic (exact) mass is 519 g/mol. The fraction of sp³-hybridized carbons (Fsp3) is 0.423. The SMILES string of the molecule is Cn1ccc(Nc2ncnc(-c3cc4c(cc3F)[C@H](CNC(=O)c3noc(C(C)(C)C)n3)CCCC4)n2)n1. The van der Waals surface area contributed by atoms with Crippen LogP contribution in [0.1, 0.15) is 73.6 Å². The van der Waals surface area contributed by atoms with Crippen LogP contribution in [0.3, 0.4) is 0 Å². The molecule has 38 heavy (non-hydrogen) atoms. The third-order valence-corrected chi connectivity index (χ3v) is 6.46. The Bertz CT molecular complexity index is 1460. The van der Waals surface area contributed by atoms with Gasteiger partial charge in [-0.1, -0.05) is 32.3 Å². The van der Waals surface area contributed by atoms with Gasteiger partial charge in [-0.2, -0.15) is 15.1 Å². The molecule has 11 nitrogen and oxygen atoms in total. The molecule has 0 aliphatic heterocycles. The molecular weight excluding hydrogens is 489 g/mol. The van der Waals surface area contributed by atoms with Crippen LogP contribution < -0.4 is 10.6 Å². The van der Waals surface area contributed by atoms with E-state index in [-0.39, 0.29) is 28.9 Å². The van der Waals surface area contributed by atoms with Crippen molar-refractivity contribution in [3.05, 3.63) is 59.4 Å². The Balaban J connectivity index is 1.35. The maximum Gasteiger partial charge on any atom is 0.292 e. The summed E-state index contributed by atoms with van der Waals surface area (Å²) < 4.78 is 22.3. The first-order valence-corrected chi connectivity index (χ1v) is 12.6. The van der Waals surface area contributed by atoms with E-state index in [1.807, 2.05) is 33.9 Å². The van der Waals surface area contributed by atoms with Gasteiger partial charge in [-0.05, 0) is 42.5 Å². The first kappa shape index (κ1) is 25.4. The molecule has 1 aliphatic carbocycles. The summed E-state index contributed by atoms with van der Waals surface area (Å²) in [6, 6.07) is 5.15. The van der Waals surface area contributed by atoms with E-state index in [1.165, 1.54) is 6.33 Å². The zero-order valence-electron chi connectivity index (χ0n) is 21.8. The zero-order valence-corrected chi connectivity index (χ0v) is 21.8. The standard InChI is InChI=1S/C26H30FN9O2/c1-26(2,3)24-32-22(35-38-24)23(37)28-13-16-8-6-5-7-15-11-18(19(27)12-17(15)16)21-29-14-30-25(33-21)31-20-9-10-36(4)34-20/h9-12,14,16H,5-8,13H2,1-4H3,(H,28,37)(H,29,30,31,33,34)/t16-/m0/s1. The van der Waals surface area contributed by atoms with Crippen LogP contribution in [0.25, 0.3) is 11.4 Å². The van der Waals surface area contributed by atoms with Gasteiger partial charge in [-0.25, -0.2) is 14.4 Å². The van der Waals surface area contributed by atoms with E-state index in [2.05, 4.69) is 40.8 Å². The molecular formula is C26H30FN9O2. The molecule has 2 N–H and O–H groups in total. The summed E-state index contributed by atoms with van der Waals surface area (Å²) in [7, 11) is 1.81. The molecule has 198 valence electrons. The Morgan fingerprint density at radius 1 is 1.21 bits per heavy atom. The van der Waals surface area contributed by atoms with E-state index in [4.69, 9.17) is 4.52 Å². The Kier molecular flexibility index (Phi) is 6.87.